The number of imidazole rings is 1. The molecule has 4 aromatic rings. The van der Waals surface area contributed by atoms with Gasteiger partial charge in [-0.25, -0.2) is 9.98 Å². The highest BCUT2D eigenvalue weighted by Gasteiger charge is 2.46. The van der Waals surface area contributed by atoms with Crippen LogP contribution in [-0.4, -0.2) is 48.1 Å². The summed E-state index contributed by atoms with van der Waals surface area (Å²) in [6.45, 7) is 3.51. The number of aliphatic imine (C=N–C) groups is 1. The van der Waals surface area contributed by atoms with E-state index in [2.05, 4.69) is 80.5 Å². The summed E-state index contributed by atoms with van der Waals surface area (Å²) in [5.74, 6) is 2.10. The van der Waals surface area contributed by atoms with Gasteiger partial charge in [-0.1, -0.05) is 36.4 Å². The van der Waals surface area contributed by atoms with E-state index >= 15 is 0 Å². The van der Waals surface area contributed by atoms with Crippen molar-refractivity contribution >= 4 is 22.3 Å². The summed E-state index contributed by atoms with van der Waals surface area (Å²) in [4.78, 5) is 13.3. The second kappa shape index (κ2) is 8.76. The van der Waals surface area contributed by atoms with Crippen LogP contribution in [0.3, 0.4) is 0 Å². The van der Waals surface area contributed by atoms with Crippen molar-refractivity contribution in [2.75, 3.05) is 26.3 Å². The van der Waals surface area contributed by atoms with Gasteiger partial charge in [-0.2, -0.15) is 0 Å². The van der Waals surface area contributed by atoms with Crippen molar-refractivity contribution in [1.29, 1.82) is 0 Å². The molecule has 7 heteroatoms. The Kier molecular flexibility index (Phi) is 5.18. The normalized spacial score (nSPS) is 23.7. The maximum Gasteiger partial charge on any atom is 0.123 e. The largest absolute Gasteiger partial charge is 0.376 e. The first-order valence-electron chi connectivity index (χ1n) is 13.9. The fourth-order valence-electron chi connectivity index (χ4n) is 6.47. The lowest BCUT2D eigenvalue weighted by Gasteiger charge is -2.46. The van der Waals surface area contributed by atoms with Gasteiger partial charge in [0.05, 0.1) is 42.9 Å². The first-order valence-corrected chi connectivity index (χ1v) is 13.9. The Bertz CT molecular complexity index is 1560. The van der Waals surface area contributed by atoms with Crippen molar-refractivity contribution in [3.8, 4) is 22.4 Å². The quantitative estimate of drug-likeness (QED) is 0.317. The minimum atomic E-state index is -0.143. The summed E-state index contributed by atoms with van der Waals surface area (Å²) in [6, 6.07) is 20.8. The number of aromatic amines is 1. The molecule has 3 saturated heterocycles. The van der Waals surface area contributed by atoms with Crippen molar-refractivity contribution in [2.45, 2.75) is 43.3 Å². The van der Waals surface area contributed by atoms with Gasteiger partial charge in [0.2, 0.25) is 0 Å². The van der Waals surface area contributed by atoms with Gasteiger partial charge in [0.1, 0.15) is 17.2 Å². The summed E-state index contributed by atoms with van der Waals surface area (Å²) in [5.41, 5.74) is 6.80. The van der Waals surface area contributed by atoms with Crippen molar-refractivity contribution in [1.82, 2.24) is 25.9 Å². The third-order valence-corrected chi connectivity index (χ3v) is 8.68. The summed E-state index contributed by atoms with van der Waals surface area (Å²) in [5, 5.41) is 13.3. The van der Waals surface area contributed by atoms with E-state index in [0.717, 1.165) is 49.0 Å². The molecule has 0 unspecified atom stereocenters. The first kappa shape index (κ1) is 22.5. The maximum atomic E-state index is 5.67. The molecule has 0 amide bonds. The molecule has 4 aliphatic rings. The van der Waals surface area contributed by atoms with Crippen LogP contribution < -0.4 is 16.0 Å². The van der Waals surface area contributed by atoms with Gasteiger partial charge in [0.25, 0.3) is 0 Å². The number of fused-ring (bicyclic) bond motifs is 3. The topological polar surface area (TPSA) is 86.4 Å². The average molecular weight is 505 g/mol. The summed E-state index contributed by atoms with van der Waals surface area (Å²) >= 11 is 0. The number of amidine groups is 1. The van der Waals surface area contributed by atoms with E-state index in [1.807, 2.05) is 6.20 Å². The van der Waals surface area contributed by atoms with Crippen molar-refractivity contribution < 1.29 is 4.74 Å². The lowest BCUT2D eigenvalue weighted by atomic mass is 9.83. The fourth-order valence-corrected chi connectivity index (χ4v) is 6.47. The number of hydrogen-bond donors (Lipinski definition) is 4. The molecular formula is C31H32N6O. The fraction of sp³-hybridized carbons (Fsp3) is 0.355. The van der Waals surface area contributed by atoms with E-state index in [4.69, 9.17) is 9.73 Å². The van der Waals surface area contributed by atoms with E-state index in [1.165, 1.54) is 45.9 Å². The zero-order valence-corrected chi connectivity index (χ0v) is 21.4. The number of ether oxygens (including phenoxy) is 1. The van der Waals surface area contributed by atoms with Gasteiger partial charge in [0.15, 0.2) is 0 Å². The maximum absolute atomic E-state index is 5.67. The molecule has 0 bridgehead atoms. The Hall–Kier alpha value is -3.52. The second-order valence-electron chi connectivity index (χ2n) is 11.2. The van der Waals surface area contributed by atoms with Crippen LogP contribution >= 0.6 is 0 Å². The van der Waals surface area contributed by atoms with E-state index < -0.39 is 0 Å². The van der Waals surface area contributed by atoms with Crippen LogP contribution in [0.5, 0.6) is 0 Å². The van der Waals surface area contributed by atoms with E-state index in [1.54, 1.807) is 0 Å². The smallest absolute Gasteiger partial charge is 0.123 e. The molecular weight excluding hydrogens is 472 g/mol. The zero-order chi connectivity index (χ0) is 25.1. The SMILES string of the molecule is c1cc2c(cc1-c1ccc3cc(-c4cnc([C@@H]5CCCN5)[nH]4)ccc3c1)N=C([C@@H]1CCCN1)NC21COC1. The van der Waals surface area contributed by atoms with Gasteiger partial charge < -0.3 is 25.7 Å². The van der Waals surface area contributed by atoms with Crippen LogP contribution in [0.1, 0.15) is 43.1 Å². The molecule has 1 spiro atoms. The molecule has 3 fully saturated rings. The highest BCUT2D eigenvalue weighted by molar-refractivity contribution is 5.94. The number of nitrogens with one attached hydrogen (secondary N) is 4. The van der Waals surface area contributed by atoms with Crippen LogP contribution in [-0.2, 0) is 10.3 Å². The number of rotatable bonds is 4. The molecule has 2 atom stereocenters. The number of benzene rings is 3. The molecule has 5 heterocycles. The third kappa shape index (κ3) is 3.68. The standard InChI is InChI=1S/C31H32N6O/c1-3-25(32-11-1)29-34-16-28(36-29)23-8-7-19-13-20(5-6-21(19)14-23)22-9-10-24-27(15-22)35-30(26-4-2-12-33-26)37-31(24)17-38-18-31/h5-10,13-16,25-26,32-33H,1-4,11-12,17-18H2,(H,34,36)(H,35,37)/t25-,26-/m0/s1. The molecule has 1 aromatic heterocycles. The first-order chi connectivity index (χ1) is 18.7. The number of H-pyrrole nitrogens is 1. The minimum absolute atomic E-state index is 0.143. The molecule has 38 heavy (non-hydrogen) atoms. The molecule has 4 N–H and O–H groups in total. The van der Waals surface area contributed by atoms with Gasteiger partial charge in [0, 0.05) is 11.1 Å². The van der Waals surface area contributed by atoms with Crippen LogP contribution in [0, 0.1) is 0 Å². The zero-order valence-electron chi connectivity index (χ0n) is 21.4. The van der Waals surface area contributed by atoms with Gasteiger partial charge >= 0.3 is 0 Å². The Morgan fingerprint density at radius 2 is 1.50 bits per heavy atom. The van der Waals surface area contributed by atoms with E-state index in [9.17, 15) is 0 Å². The van der Waals surface area contributed by atoms with Crippen molar-refractivity contribution in [3.05, 3.63) is 72.2 Å². The third-order valence-electron chi connectivity index (χ3n) is 8.68. The Labute approximate surface area is 222 Å². The predicted octanol–water partition coefficient (Wildman–Crippen LogP) is 4.93. The Morgan fingerprint density at radius 1 is 0.789 bits per heavy atom. The highest BCUT2D eigenvalue weighted by Crippen LogP contribution is 2.42. The van der Waals surface area contributed by atoms with Crippen LogP contribution in [0.4, 0.5) is 5.69 Å². The predicted molar refractivity (Wildman–Crippen MR) is 151 cm³/mol. The number of aromatic nitrogens is 2. The van der Waals surface area contributed by atoms with Gasteiger partial charge in [-0.05, 0) is 78.9 Å². The molecule has 0 saturated carbocycles. The van der Waals surface area contributed by atoms with Crippen molar-refractivity contribution in [2.24, 2.45) is 4.99 Å². The Balaban J connectivity index is 1.11. The molecule has 4 aliphatic heterocycles. The lowest BCUT2D eigenvalue weighted by molar-refractivity contribution is -0.0695. The summed E-state index contributed by atoms with van der Waals surface area (Å²) in [7, 11) is 0. The number of nitrogens with zero attached hydrogens (tertiary/aromatic N) is 2. The minimum Gasteiger partial charge on any atom is -0.376 e. The summed E-state index contributed by atoms with van der Waals surface area (Å²) in [6.07, 6.45) is 6.64. The highest BCUT2D eigenvalue weighted by atomic mass is 16.5. The molecule has 0 radical (unpaired) electrons. The lowest BCUT2D eigenvalue weighted by Crippen LogP contribution is -2.63. The average Bonchev–Trinajstić information content (AvgIpc) is 3.73. The monoisotopic (exact) mass is 504 g/mol. The van der Waals surface area contributed by atoms with Gasteiger partial charge in [-0.15, -0.1) is 0 Å². The molecule has 3 aromatic carbocycles. The molecule has 192 valence electrons. The van der Waals surface area contributed by atoms with Gasteiger partial charge in [-0.3, -0.25) is 0 Å². The molecule has 0 aliphatic carbocycles. The second-order valence-corrected chi connectivity index (χ2v) is 11.2. The van der Waals surface area contributed by atoms with Crippen LogP contribution in [0.15, 0.2) is 65.8 Å². The molecule has 8 rings (SSSR count). The van der Waals surface area contributed by atoms with E-state index in [0.29, 0.717) is 25.3 Å². The summed E-state index contributed by atoms with van der Waals surface area (Å²) < 4.78 is 5.67. The van der Waals surface area contributed by atoms with Crippen molar-refractivity contribution in [3.63, 3.8) is 0 Å². The molecule has 7 nitrogen and oxygen atoms in total. The van der Waals surface area contributed by atoms with Crippen LogP contribution in [0.2, 0.25) is 0 Å². The van der Waals surface area contributed by atoms with Crippen LogP contribution in [0.25, 0.3) is 33.2 Å². The Morgan fingerprint density at radius 3 is 2.24 bits per heavy atom. The van der Waals surface area contributed by atoms with E-state index in [-0.39, 0.29) is 5.54 Å². The number of hydrogen-bond acceptors (Lipinski definition) is 6.